The van der Waals surface area contributed by atoms with Gasteiger partial charge in [0.15, 0.2) is 0 Å². The number of carboxylic acids is 1. The zero-order chi connectivity index (χ0) is 21.9. The number of rotatable bonds is 5. The van der Waals surface area contributed by atoms with Crippen molar-refractivity contribution in [2.24, 2.45) is 23.2 Å². The Kier molecular flexibility index (Phi) is 7.12. The normalized spacial score (nSPS) is 29.5. The summed E-state index contributed by atoms with van der Waals surface area (Å²) in [4.78, 5) is 26.5. The first-order chi connectivity index (χ1) is 14.1. The fraction of sp³-hybridized carbons (Fsp3) is 0.810. The van der Waals surface area contributed by atoms with Crippen molar-refractivity contribution in [3.05, 3.63) is 12.2 Å². The van der Waals surface area contributed by atoms with Crippen molar-refractivity contribution in [1.29, 1.82) is 0 Å². The summed E-state index contributed by atoms with van der Waals surface area (Å²) < 4.78 is 37.3. The summed E-state index contributed by atoms with van der Waals surface area (Å²) in [6.45, 7) is 6.35. The SMILES string of the molecule is COC[C@@H]1CN(CC2CC2)C[C@@]12CCN(C(=O)C1CC=CC1)C2.O=C(O)C(F)(F)F. The first-order valence-corrected chi connectivity index (χ1v) is 10.6. The standard InChI is InChI=1S/C19H30N2O2.C2HF3O2/c1-23-12-17-11-20(10-15-6-7-15)13-19(17)8-9-21(14-19)18(22)16-4-2-3-5-16;3-2(4,5)1(6)7/h2-3,15-17H,4-14H2,1H3;(H,6,7)/t17-,19+;/m0./s1. The highest BCUT2D eigenvalue weighted by atomic mass is 19.4. The smallest absolute Gasteiger partial charge is 0.475 e. The minimum atomic E-state index is -5.08. The highest BCUT2D eigenvalue weighted by molar-refractivity contribution is 5.80. The largest absolute Gasteiger partial charge is 0.490 e. The Morgan fingerprint density at radius 3 is 2.37 bits per heavy atom. The zero-order valence-corrected chi connectivity index (χ0v) is 17.4. The van der Waals surface area contributed by atoms with Crippen LogP contribution in [0.4, 0.5) is 13.2 Å². The summed E-state index contributed by atoms with van der Waals surface area (Å²) in [5.74, 6) is -0.617. The molecule has 9 heteroatoms. The van der Waals surface area contributed by atoms with Gasteiger partial charge in [-0.2, -0.15) is 13.2 Å². The fourth-order valence-electron chi connectivity index (χ4n) is 5.00. The second-order valence-corrected chi connectivity index (χ2v) is 9.10. The third kappa shape index (κ3) is 5.55. The quantitative estimate of drug-likeness (QED) is 0.677. The number of ether oxygens (including phenoxy) is 1. The molecule has 0 aromatic carbocycles. The van der Waals surface area contributed by atoms with Crippen molar-refractivity contribution in [1.82, 2.24) is 9.80 Å². The van der Waals surface area contributed by atoms with Gasteiger partial charge in [0, 0.05) is 57.1 Å². The molecule has 1 amide bonds. The second-order valence-electron chi connectivity index (χ2n) is 9.10. The van der Waals surface area contributed by atoms with E-state index < -0.39 is 12.1 Å². The van der Waals surface area contributed by atoms with Crippen LogP contribution in [0.25, 0.3) is 0 Å². The molecule has 2 aliphatic carbocycles. The third-order valence-corrected chi connectivity index (χ3v) is 6.76. The lowest BCUT2D eigenvalue weighted by atomic mass is 9.77. The van der Waals surface area contributed by atoms with E-state index in [9.17, 15) is 18.0 Å². The summed E-state index contributed by atoms with van der Waals surface area (Å²) in [5, 5.41) is 7.12. The summed E-state index contributed by atoms with van der Waals surface area (Å²) in [7, 11) is 1.82. The maximum absolute atomic E-state index is 12.8. The highest BCUT2D eigenvalue weighted by Gasteiger charge is 2.52. The van der Waals surface area contributed by atoms with Crippen LogP contribution in [0.15, 0.2) is 12.2 Å². The van der Waals surface area contributed by atoms with Gasteiger partial charge in [-0.3, -0.25) is 4.79 Å². The van der Waals surface area contributed by atoms with E-state index in [4.69, 9.17) is 14.6 Å². The van der Waals surface area contributed by atoms with Crippen LogP contribution in [-0.4, -0.2) is 79.4 Å². The predicted octanol–water partition coefficient (Wildman–Crippen LogP) is 2.79. The Morgan fingerprint density at radius 2 is 1.83 bits per heavy atom. The number of carboxylic acid groups (broad SMARTS) is 1. The van der Waals surface area contributed by atoms with Crippen molar-refractivity contribution < 1.29 is 32.6 Å². The maximum atomic E-state index is 12.8. The van der Waals surface area contributed by atoms with E-state index >= 15 is 0 Å². The van der Waals surface area contributed by atoms with Gasteiger partial charge in [0.05, 0.1) is 6.61 Å². The number of hydrogen-bond donors (Lipinski definition) is 1. The molecule has 2 saturated heterocycles. The molecule has 0 radical (unpaired) electrons. The van der Waals surface area contributed by atoms with Crippen molar-refractivity contribution in [3.63, 3.8) is 0 Å². The van der Waals surface area contributed by atoms with Crippen LogP contribution in [0.1, 0.15) is 32.1 Å². The molecular formula is C21H31F3N2O4. The second kappa shape index (κ2) is 9.26. The molecule has 0 aromatic rings. The monoisotopic (exact) mass is 432 g/mol. The average Bonchev–Trinajstić information content (AvgIpc) is 3.10. The van der Waals surface area contributed by atoms with E-state index in [1.54, 1.807) is 0 Å². The van der Waals surface area contributed by atoms with Crippen LogP contribution in [0.5, 0.6) is 0 Å². The summed E-state index contributed by atoms with van der Waals surface area (Å²) in [6.07, 6.45) is 5.11. The van der Waals surface area contributed by atoms with Crippen LogP contribution in [-0.2, 0) is 14.3 Å². The minimum absolute atomic E-state index is 0.218. The first kappa shape index (κ1) is 23.1. The fourth-order valence-corrected chi connectivity index (χ4v) is 5.00. The van der Waals surface area contributed by atoms with Gasteiger partial charge in [-0.15, -0.1) is 0 Å². The summed E-state index contributed by atoms with van der Waals surface area (Å²) >= 11 is 0. The number of aliphatic carboxylic acids is 1. The molecule has 2 heterocycles. The van der Waals surface area contributed by atoms with Crippen molar-refractivity contribution in [2.45, 2.75) is 38.3 Å². The van der Waals surface area contributed by atoms with E-state index in [-0.39, 0.29) is 11.3 Å². The molecule has 30 heavy (non-hydrogen) atoms. The van der Waals surface area contributed by atoms with Crippen molar-refractivity contribution in [3.8, 4) is 0 Å². The Hall–Kier alpha value is -1.61. The summed E-state index contributed by atoms with van der Waals surface area (Å²) in [6, 6.07) is 0. The molecule has 4 rings (SSSR count). The minimum Gasteiger partial charge on any atom is -0.475 e. The average molecular weight is 432 g/mol. The van der Waals surface area contributed by atoms with Crippen LogP contribution in [0.3, 0.4) is 0 Å². The van der Waals surface area contributed by atoms with E-state index in [2.05, 4.69) is 22.0 Å². The Labute approximate surface area is 175 Å². The van der Waals surface area contributed by atoms with Gasteiger partial charge < -0.3 is 19.6 Å². The molecular weight excluding hydrogens is 401 g/mol. The number of alkyl halides is 3. The molecule has 2 aliphatic heterocycles. The van der Waals surface area contributed by atoms with Gasteiger partial charge in [-0.25, -0.2) is 4.79 Å². The molecule has 0 unspecified atom stereocenters. The number of allylic oxidation sites excluding steroid dienone is 2. The van der Waals surface area contributed by atoms with Crippen molar-refractivity contribution in [2.75, 3.05) is 46.4 Å². The molecule has 4 aliphatic rings. The number of amides is 1. The van der Waals surface area contributed by atoms with Gasteiger partial charge in [0.2, 0.25) is 5.91 Å². The Bertz CT molecular complexity index is 657. The first-order valence-electron chi connectivity index (χ1n) is 10.6. The van der Waals surface area contributed by atoms with Crippen molar-refractivity contribution >= 4 is 11.9 Å². The lowest BCUT2D eigenvalue weighted by Gasteiger charge is -2.30. The Morgan fingerprint density at radius 1 is 1.20 bits per heavy atom. The molecule has 6 nitrogen and oxygen atoms in total. The number of halogens is 3. The van der Waals surface area contributed by atoms with E-state index in [1.807, 2.05) is 7.11 Å². The molecule has 0 aromatic heterocycles. The molecule has 0 bridgehead atoms. The molecule has 170 valence electrons. The van der Waals surface area contributed by atoms with Gasteiger partial charge in [0.1, 0.15) is 0 Å². The molecule has 1 saturated carbocycles. The number of methoxy groups -OCH3 is 1. The molecule has 1 N–H and O–H groups in total. The number of likely N-dealkylation sites (tertiary alicyclic amines) is 2. The van der Waals surface area contributed by atoms with Gasteiger partial charge in [-0.1, -0.05) is 12.2 Å². The lowest BCUT2D eigenvalue weighted by Crippen LogP contribution is -2.39. The number of carbonyl (C=O) groups is 2. The summed E-state index contributed by atoms with van der Waals surface area (Å²) in [5.41, 5.74) is 0.284. The van der Waals surface area contributed by atoms with Gasteiger partial charge in [0.25, 0.3) is 0 Å². The van der Waals surface area contributed by atoms with Crippen LogP contribution < -0.4 is 0 Å². The van der Waals surface area contributed by atoms with Gasteiger partial charge >= 0.3 is 12.1 Å². The van der Waals surface area contributed by atoms with Crippen LogP contribution in [0.2, 0.25) is 0 Å². The Balaban J connectivity index is 0.000000318. The zero-order valence-electron chi connectivity index (χ0n) is 17.4. The van der Waals surface area contributed by atoms with Crippen LogP contribution in [0, 0.1) is 23.2 Å². The predicted molar refractivity (Wildman–Crippen MR) is 104 cm³/mol. The number of carbonyl (C=O) groups excluding carboxylic acids is 1. The molecule has 1 spiro atoms. The number of nitrogens with zero attached hydrogens (tertiary/aromatic N) is 2. The molecule has 2 atom stereocenters. The van der Waals surface area contributed by atoms with E-state index in [0.717, 1.165) is 51.4 Å². The number of hydrogen-bond acceptors (Lipinski definition) is 4. The van der Waals surface area contributed by atoms with E-state index in [1.165, 1.54) is 25.9 Å². The topological polar surface area (TPSA) is 70.1 Å². The maximum Gasteiger partial charge on any atom is 0.490 e. The molecule has 3 fully saturated rings. The van der Waals surface area contributed by atoms with Crippen LogP contribution >= 0.6 is 0 Å². The highest BCUT2D eigenvalue weighted by Crippen LogP contribution is 2.45. The van der Waals surface area contributed by atoms with E-state index in [0.29, 0.717) is 11.8 Å². The third-order valence-electron chi connectivity index (χ3n) is 6.76. The van der Waals surface area contributed by atoms with Gasteiger partial charge in [-0.05, 0) is 38.0 Å². The lowest BCUT2D eigenvalue weighted by molar-refractivity contribution is -0.192.